The molecule has 3 unspecified atom stereocenters. The summed E-state index contributed by atoms with van der Waals surface area (Å²) in [6.07, 6.45) is 5.75. The molecule has 2 heteroatoms. The van der Waals surface area contributed by atoms with Crippen LogP contribution in [0.3, 0.4) is 0 Å². The molecule has 3 atom stereocenters. The van der Waals surface area contributed by atoms with Crippen LogP contribution in [0.2, 0.25) is 0 Å². The van der Waals surface area contributed by atoms with Gasteiger partial charge in [-0.1, -0.05) is 34.1 Å². The molecule has 112 valence electrons. The van der Waals surface area contributed by atoms with Crippen molar-refractivity contribution in [2.75, 3.05) is 6.54 Å². The number of nitrogens with one attached hydrogen (secondary N) is 1. The predicted octanol–water partition coefficient (Wildman–Crippen LogP) is 4.04. The lowest BCUT2D eigenvalue weighted by atomic mass is 9.67. The molecule has 0 radical (unpaired) electrons. The van der Waals surface area contributed by atoms with E-state index in [1.165, 1.54) is 19.1 Å². The van der Waals surface area contributed by atoms with Crippen LogP contribution in [-0.4, -0.2) is 18.4 Å². The number of carbonyl (C=O) groups is 1. The highest BCUT2D eigenvalue weighted by molar-refractivity contribution is 5.55. The minimum Gasteiger partial charge on any atom is -0.312 e. The Morgan fingerprint density at radius 1 is 1.21 bits per heavy atom. The fourth-order valence-corrected chi connectivity index (χ4v) is 3.78. The van der Waals surface area contributed by atoms with Gasteiger partial charge in [-0.3, -0.25) is 0 Å². The molecule has 0 aromatic heterocycles. The normalized spacial score (nSPS) is 35.6. The molecular formula is C17H33NO. The van der Waals surface area contributed by atoms with E-state index in [2.05, 4.69) is 46.9 Å². The highest BCUT2D eigenvalue weighted by Gasteiger charge is 2.37. The van der Waals surface area contributed by atoms with Gasteiger partial charge in [0.1, 0.15) is 6.29 Å². The molecule has 0 aromatic carbocycles. The van der Waals surface area contributed by atoms with Crippen molar-refractivity contribution in [3.05, 3.63) is 0 Å². The summed E-state index contributed by atoms with van der Waals surface area (Å²) >= 11 is 0. The summed E-state index contributed by atoms with van der Waals surface area (Å²) in [5.41, 5.74) is 0.185. The topological polar surface area (TPSA) is 29.1 Å². The Labute approximate surface area is 119 Å². The molecule has 2 nitrogen and oxygen atoms in total. The minimum absolute atomic E-state index is 0.0756. The molecule has 1 rings (SSSR count). The molecule has 1 aliphatic heterocycles. The molecular weight excluding hydrogens is 234 g/mol. The largest absolute Gasteiger partial charge is 0.312 e. The quantitative estimate of drug-likeness (QED) is 0.765. The second-order valence-corrected chi connectivity index (χ2v) is 8.02. The van der Waals surface area contributed by atoms with Gasteiger partial charge < -0.3 is 10.1 Å². The second-order valence-electron chi connectivity index (χ2n) is 8.02. The van der Waals surface area contributed by atoms with E-state index in [0.717, 1.165) is 19.4 Å². The zero-order valence-electron chi connectivity index (χ0n) is 13.8. The first-order valence-electron chi connectivity index (χ1n) is 7.90. The van der Waals surface area contributed by atoms with E-state index in [4.69, 9.17) is 0 Å². The first-order chi connectivity index (χ1) is 8.70. The fraction of sp³-hybridized carbons (Fsp3) is 0.941. The van der Waals surface area contributed by atoms with Crippen LogP contribution < -0.4 is 5.32 Å². The Balaban J connectivity index is 2.94. The number of rotatable bonds is 2. The van der Waals surface area contributed by atoms with Crippen molar-refractivity contribution in [1.82, 2.24) is 5.32 Å². The van der Waals surface area contributed by atoms with Gasteiger partial charge in [0.2, 0.25) is 0 Å². The van der Waals surface area contributed by atoms with Gasteiger partial charge in [-0.05, 0) is 56.9 Å². The fourth-order valence-electron chi connectivity index (χ4n) is 3.78. The third-order valence-corrected chi connectivity index (χ3v) is 4.89. The lowest BCUT2D eigenvalue weighted by molar-refractivity contribution is -0.115. The number of carbonyl (C=O) groups excluding carboxylic acids is 1. The van der Waals surface area contributed by atoms with Crippen LogP contribution in [0.25, 0.3) is 0 Å². The van der Waals surface area contributed by atoms with Gasteiger partial charge in [0.05, 0.1) is 0 Å². The molecule has 0 saturated carbocycles. The van der Waals surface area contributed by atoms with E-state index in [-0.39, 0.29) is 16.9 Å². The molecule has 1 aliphatic rings. The SMILES string of the molecule is CCC1CC(C)CNC(C)(C)CC(C)(C)C(C=O)C1. The zero-order valence-corrected chi connectivity index (χ0v) is 13.8. The molecule has 1 heterocycles. The van der Waals surface area contributed by atoms with Crippen molar-refractivity contribution in [3.8, 4) is 0 Å². The smallest absolute Gasteiger partial charge is 0.123 e. The summed E-state index contributed by atoms with van der Waals surface area (Å²) in [5, 5.41) is 3.71. The van der Waals surface area contributed by atoms with Crippen LogP contribution in [0.4, 0.5) is 0 Å². The summed E-state index contributed by atoms with van der Waals surface area (Å²) in [5.74, 6) is 1.56. The van der Waals surface area contributed by atoms with Crippen molar-refractivity contribution in [2.24, 2.45) is 23.2 Å². The second kappa shape index (κ2) is 6.39. The van der Waals surface area contributed by atoms with Crippen LogP contribution in [0.5, 0.6) is 0 Å². The van der Waals surface area contributed by atoms with Crippen LogP contribution in [0.15, 0.2) is 0 Å². The van der Waals surface area contributed by atoms with Gasteiger partial charge in [0, 0.05) is 11.5 Å². The van der Waals surface area contributed by atoms with Gasteiger partial charge in [-0.2, -0.15) is 0 Å². The van der Waals surface area contributed by atoms with E-state index in [1.54, 1.807) is 0 Å². The molecule has 1 fully saturated rings. The number of aldehydes is 1. The van der Waals surface area contributed by atoms with Gasteiger partial charge in [0.15, 0.2) is 0 Å². The molecule has 0 spiro atoms. The molecule has 19 heavy (non-hydrogen) atoms. The van der Waals surface area contributed by atoms with Crippen LogP contribution in [0.1, 0.15) is 67.2 Å². The van der Waals surface area contributed by atoms with Gasteiger partial charge in [-0.15, -0.1) is 0 Å². The molecule has 0 aliphatic carbocycles. The average molecular weight is 267 g/mol. The van der Waals surface area contributed by atoms with E-state index in [1.807, 2.05) is 0 Å². The predicted molar refractivity (Wildman–Crippen MR) is 82.2 cm³/mol. The molecule has 0 aromatic rings. The van der Waals surface area contributed by atoms with Gasteiger partial charge >= 0.3 is 0 Å². The highest BCUT2D eigenvalue weighted by atomic mass is 16.1. The van der Waals surface area contributed by atoms with Gasteiger partial charge in [-0.25, -0.2) is 0 Å². The summed E-state index contributed by atoms with van der Waals surface area (Å²) in [4.78, 5) is 11.6. The summed E-state index contributed by atoms with van der Waals surface area (Å²) < 4.78 is 0. The third kappa shape index (κ3) is 4.91. The first-order valence-corrected chi connectivity index (χ1v) is 7.90. The lowest BCUT2D eigenvalue weighted by Gasteiger charge is -2.42. The van der Waals surface area contributed by atoms with Gasteiger partial charge in [0.25, 0.3) is 0 Å². The van der Waals surface area contributed by atoms with Crippen LogP contribution in [-0.2, 0) is 4.79 Å². The van der Waals surface area contributed by atoms with Crippen LogP contribution >= 0.6 is 0 Å². The Bertz CT molecular complexity index is 296. The van der Waals surface area contributed by atoms with Crippen LogP contribution in [0, 0.1) is 23.2 Å². The third-order valence-electron chi connectivity index (χ3n) is 4.89. The van der Waals surface area contributed by atoms with E-state index >= 15 is 0 Å². The lowest BCUT2D eigenvalue weighted by Crippen LogP contribution is -2.47. The minimum atomic E-state index is 0.0756. The van der Waals surface area contributed by atoms with Crippen molar-refractivity contribution in [3.63, 3.8) is 0 Å². The Hall–Kier alpha value is -0.370. The molecule has 1 saturated heterocycles. The summed E-state index contributed by atoms with van der Waals surface area (Å²) in [6, 6.07) is 0. The zero-order chi connectivity index (χ0) is 14.7. The summed E-state index contributed by atoms with van der Waals surface area (Å²) in [7, 11) is 0. The molecule has 0 amide bonds. The Morgan fingerprint density at radius 2 is 1.84 bits per heavy atom. The maximum atomic E-state index is 11.6. The number of hydrogen-bond donors (Lipinski definition) is 1. The van der Waals surface area contributed by atoms with E-state index in [9.17, 15) is 4.79 Å². The average Bonchev–Trinajstić information content (AvgIpc) is 2.29. The first kappa shape index (κ1) is 16.7. The molecule has 0 bridgehead atoms. The maximum Gasteiger partial charge on any atom is 0.123 e. The van der Waals surface area contributed by atoms with Crippen molar-refractivity contribution >= 4 is 6.29 Å². The monoisotopic (exact) mass is 267 g/mol. The highest BCUT2D eigenvalue weighted by Crippen LogP contribution is 2.40. The van der Waals surface area contributed by atoms with Crippen molar-refractivity contribution < 1.29 is 4.79 Å². The number of hydrogen-bond acceptors (Lipinski definition) is 2. The Morgan fingerprint density at radius 3 is 2.37 bits per heavy atom. The van der Waals surface area contributed by atoms with Crippen molar-refractivity contribution in [2.45, 2.75) is 72.8 Å². The van der Waals surface area contributed by atoms with Crippen molar-refractivity contribution in [1.29, 1.82) is 0 Å². The summed E-state index contributed by atoms with van der Waals surface area (Å²) in [6.45, 7) is 14.7. The van der Waals surface area contributed by atoms with E-state index < -0.39 is 0 Å². The maximum absolute atomic E-state index is 11.6. The molecule has 1 N–H and O–H groups in total. The van der Waals surface area contributed by atoms with E-state index in [0.29, 0.717) is 11.8 Å². The Kier molecular flexibility index (Phi) is 5.61. The standard InChI is InChI=1S/C17H33NO/c1-7-14-8-13(2)10-18-17(5,6)12-16(3,4)15(9-14)11-19/h11,13-15,18H,7-10,12H2,1-6H3.